The molecule has 1 amide bonds. The molecule has 0 aliphatic heterocycles. The summed E-state index contributed by atoms with van der Waals surface area (Å²) < 4.78 is 0.951. The summed E-state index contributed by atoms with van der Waals surface area (Å²) in [6, 6.07) is 13.2. The average molecular weight is 363 g/mol. The SMILES string of the molecule is Cc1cccc(NC(=O)Cc2cccc(Br)c2)c1C(N)=S. The number of thiocarbonyl (C=S) groups is 1. The minimum atomic E-state index is -0.101. The molecule has 2 aromatic carbocycles. The van der Waals surface area contributed by atoms with Crippen LogP contribution in [0.4, 0.5) is 5.69 Å². The van der Waals surface area contributed by atoms with Crippen molar-refractivity contribution in [2.24, 2.45) is 5.73 Å². The summed E-state index contributed by atoms with van der Waals surface area (Å²) in [6.07, 6.45) is 0.296. The van der Waals surface area contributed by atoms with Gasteiger partial charge in [0.1, 0.15) is 4.99 Å². The molecule has 0 unspecified atom stereocenters. The highest BCUT2D eigenvalue weighted by atomic mass is 79.9. The normalized spacial score (nSPS) is 10.2. The van der Waals surface area contributed by atoms with Gasteiger partial charge in [-0.2, -0.15) is 0 Å². The van der Waals surface area contributed by atoms with E-state index in [0.717, 1.165) is 21.2 Å². The fourth-order valence-electron chi connectivity index (χ4n) is 2.13. The van der Waals surface area contributed by atoms with Crippen LogP contribution in [0.15, 0.2) is 46.9 Å². The van der Waals surface area contributed by atoms with E-state index in [9.17, 15) is 4.79 Å². The van der Waals surface area contributed by atoms with Gasteiger partial charge in [-0.3, -0.25) is 4.79 Å². The number of carbonyl (C=O) groups excluding carboxylic acids is 1. The largest absolute Gasteiger partial charge is 0.389 e. The topological polar surface area (TPSA) is 55.1 Å². The molecule has 5 heteroatoms. The van der Waals surface area contributed by atoms with Crippen molar-refractivity contribution in [3.05, 3.63) is 63.6 Å². The Kier molecular flexibility index (Phi) is 5.09. The number of nitrogens with one attached hydrogen (secondary N) is 1. The monoisotopic (exact) mass is 362 g/mol. The van der Waals surface area contributed by atoms with Gasteiger partial charge in [-0.1, -0.05) is 52.4 Å². The highest BCUT2D eigenvalue weighted by Gasteiger charge is 2.11. The van der Waals surface area contributed by atoms with Crippen LogP contribution >= 0.6 is 28.1 Å². The van der Waals surface area contributed by atoms with Crippen LogP contribution in [0.1, 0.15) is 16.7 Å². The molecular weight excluding hydrogens is 348 g/mol. The van der Waals surface area contributed by atoms with Gasteiger partial charge in [-0.15, -0.1) is 0 Å². The zero-order valence-electron chi connectivity index (χ0n) is 11.5. The van der Waals surface area contributed by atoms with Crippen molar-refractivity contribution in [2.45, 2.75) is 13.3 Å². The number of halogens is 1. The minimum Gasteiger partial charge on any atom is -0.389 e. The van der Waals surface area contributed by atoms with Gasteiger partial charge in [-0.25, -0.2) is 0 Å². The van der Waals surface area contributed by atoms with Crippen LogP contribution < -0.4 is 11.1 Å². The predicted molar refractivity (Wildman–Crippen MR) is 93.5 cm³/mol. The maximum Gasteiger partial charge on any atom is 0.228 e. The molecule has 0 aliphatic carbocycles. The summed E-state index contributed by atoms with van der Waals surface area (Å²) in [4.78, 5) is 12.5. The second-order valence-corrected chi connectivity index (χ2v) is 6.07. The Morgan fingerprint density at radius 1 is 1.29 bits per heavy atom. The third kappa shape index (κ3) is 4.12. The van der Waals surface area contributed by atoms with Crippen molar-refractivity contribution < 1.29 is 4.79 Å². The molecule has 0 aliphatic rings. The molecule has 0 saturated carbocycles. The first-order valence-electron chi connectivity index (χ1n) is 6.41. The zero-order chi connectivity index (χ0) is 15.4. The molecular formula is C16H15BrN2OS. The van der Waals surface area contributed by atoms with Crippen molar-refractivity contribution in [2.75, 3.05) is 5.32 Å². The molecule has 3 nitrogen and oxygen atoms in total. The van der Waals surface area contributed by atoms with Crippen molar-refractivity contribution in [3.8, 4) is 0 Å². The highest BCUT2D eigenvalue weighted by molar-refractivity contribution is 9.10. The van der Waals surface area contributed by atoms with Crippen LogP contribution in [0.25, 0.3) is 0 Å². The van der Waals surface area contributed by atoms with Crippen molar-refractivity contribution in [1.29, 1.82) is 0 Å². The van der Waals surface area contributed by atoms with Crippen molar-refractivity contribution >= 4 is 44.7 Å². The lowest BCUT2D eigenvalue weighted by atomic mass is 10.1. The third-order valence-electron chi connectivity index (χ3n) is 3.05. The Labute approximate surface area is 137 Å². The van der Waals surface area contributed by atoms with E-state index in [0.29, 0.717) is 12.1 Å². The first-order chi connectivity index (χ1) is 9.97. The number of nitrogens with two attached hydrogens (primary N) is 1. The molecule has 2 aromatic rings. The summed E-state index contributed by atoms with van der Waals surface area (Å²) in [5.41, 5.74) is 8.99. The third-order valence-corrected chi connectivity index (χ3v) is 3.74. The van der Waals surface area contributed by atoms with E-state index in [4.69, 9.17) is 18.0 Å². The number of hydrogen-bond acceptors (Lipinski definition) is 2. The van der Waals surface area contributed by atoms with E-state index in [1.807, 2.05) is 43.3 Å². The Hall–Kier alpha value is -1.72. The quantitative estimate of drug-likeness (QED) is 0.817. The van der Waals surface area contributed by atoms with Gasteiger partial charge in [0.15, 0.2) is 0 Å². The van der Waals surface area contributed by atoms with Gasteiger partial charge in [-0.05, 0) is 36.2 Å². The molecule has 0 radical (unpaired) electrons. The average Bonchev–Trinajstić information content (AvgIpc) is 2.37. The number of rotatable bonds is 4. The lowest BCUT2D eigenvalue weighted by Gasteiger charge is -2.12. The number of amides is 1. The van der Waals surface area contributed by atoms with Gasteiger partial charge < -0.3 is 11.1 Å². The second-order valence-electron chi connectivity index (χ2n) is 4.72. The lowest BCUT2D eigenvalue weighted by molar-refractivity contribution is -0.115. The molecule has 0 fully saturated rings. The summed E-state index contributed by atoms with van der Waals surface area (Å²) in [5.74, 6) is -0.101. The smallest absolute Gasteiger partial charge is 0.228 e. The first-order valence-corrected chi connectivity index (χ1v) is 7.61. The number of benzene rings is 2. The van der Waals surface area contributed by atoms with Crippen molar-refractivity contribution in [1.82, 2.24) is 0 Å². The summed E-state index contributed by atoms with van der Waals surface area (Å²) in [7, 11) is 0. The zero-order valence-corrected chi connectivity index (χ0v) is 13.9. The standard InChI is InChI=1S/C16H15BrN2OS/c1-10-4-2-7-13(15(10)16(18)21)19-14(20)9-11-5-3-6-12(17)8-11/h2-8H,9H2,1H3,(H2,18,21)(H,19,20). The Morgan fingerprint density at radius 3 is 2.67 bits per heavy atom. The molecule has 0 heterocycles. The predicted octanol–water partition coefficient (Wildman–Crippen LogP) is 3.57. The maximum absolute atomic E-state index is 12.2. The Balaban J connectivity index is 2.17. The number of aryl methyl sites for hydroxylation is 1. The van der Waals surface area contributed by atoms with Gasteiger partial charge in [0, 0.05) is 10.0 Å². The number of carbonyl (C=O) groups is 1. The van der Waals surface area contributed by atoms with E-state index in [1.54, 1.807) is 6.07 Å². The van der Waals surface area contributed by atoms with E-state index in [1.165, 1.54) is 0 Å². The van der Waals surface area contributed by atoms with Crippen LogP contribution in [-0.2, 0) is 11.2 Å². The molecule has 108 valence electrons. The molecule has 3 N–H and O–H groups in total. The lowest BCUT2D eigenvalue weighted by Crippen LogP contribution is -2.19. The van der Waals surface area contributed by atoms with Crippen LogP contribution in [0.2, 0.25) is 0 Å². The molecule has 0 saturated heterocycles. The van der Waals surface area contributed by atoms with Gasteiger partial charge in [0.05, 0.1) is 12.1 Å². The van der Waals surface area contributed by atoms with Crippen LogP contribution in [0.3, 0.4) is 0 Å². The highest BCUT2D eigenvalue weighted by Crippen LogP contribution is 2.20. The number of hydrogen-bond donors (Lipinski definition) is 2. The first kappa shape index (κ1) is 15.7. The van der Waals surface area contributed by atoms with Crippen LogP contribution in [0, 0.1) is 6.92 Å². The van der Waals surface area contributed by atoms with E-state index in [-0.39, 0.29) is 10.9 Å². The Morgan fingerprint density at radius 2 is 2.00 bits per heavy atom. The molecule has 21 heavy (non-hydrogen) atoms. The molecule has 0 aromatic heterocycles. The molecule has 2 rings (SSSR count). The van der Waals surface area contributed by atoms with E-state index in [2.05, 4.69) is 21.2 Å². The summed E-state index contributed by atoms with van der Waals surface area (Å²) >= 11 is 8.45. The van der Waals surface area contributed by atoms with Gasteiger partial charge >= 0.3 is 0 Å². The summed E-state index contributed by atoms with van der Waals surface area (Å²) in [5, 5.41) is 2.88. The van der Waals surface area contributed by atoms with E-state index >= 15 is 0 Å². The van der Waals surface area contributed by atoms with E-state index < -0.39 is 0 Å². The molecule has 0 bridgehead atoms. The molecule has 0 spiro atoms. The van der Waals surface area contributed by atoms with Crippen LogP contribution in [-0.4, -0.2) is 10.9 Å². The second kappa shape index (κ2) is 6.83. The minimum absolute atomic E-state index is 0.101. The molecule has 0 atom stereocenters. The Bertz CT molecular complexity index is 700. The number of anilines is 1. The fraction of sp³-hybridized carbons (Fsp3) is 0.125. The van der Waals surface area contributed by atoms with Crippen LogP contribution in [0.5, 0.6) is 0 Å². The van der Waals surface area contributed by atoms with Gasteiger partial charge in [0.2, 0.25) is 5.91 Å². The van der Waals surface area contributed by atoms with Crippen molar-refractivity contribution in [3.63, 3.8) is 0 Å². The van der Waals surface area contributed by atoms with Gasteiger partial charge in [0.25, 0.3) is 0 Å². The summed E-state index contributed by atoms with van der Waals surface area (Å²) in [6.45, 7) is 1.92. The fourth-order valence-corrected chi connectivity index (χ4v) is 2.84. The maximum atomic E-state index is 12.2.